The van der Waals surface area contributed by atoms with Crippen molar-refractivity contribution in [1.82, 2.24) is 14.4 Å². The number of imidazole rings is 1. The molecule has 0 aliphatic rings. The van der Waals surface area contributed by atoms with E-state index in [0.717, 1.165) is 37.8 Å². The molecule has 0 bridgehead atoms. The highest BCUT2D eigenvalue weighted by Crippen LogP contribution is 2.27. The van der Waals surface area contributed by atoms with Crippen LogP contribution in [0.2, 0.25) is 0 Å². The average Bonchev–Trinajstić information content (AvgIpc) is 3.21. The largest absolute Gasteiger partial charge is 0.358 e. The van der Waals surface area contributed by atoms with Crippen molar-refractivity contribution in [3.05, 3.63) is 63.6 Å². The van der Waals surface area contributed by atoms with Crippen LogP contribution in [0.25, 0.3) is 21.9 Å². The summed E-state index contributed by atoms with van der Waals surface area (Å²) >= 11 is 1.58. The fourth-order valence-electron chi connectivity index (χ4n) is 3.24. The summed E-state index contributed by atoms with van der Waals surface area (Å²) in [5.74, 6) is -0.274. The highest BCUT2D eigenvalue weighted by molar-refractivity contribution is 7.17. The molecule has 6 heteroatoms. The SMILES string of the molecule is Cc1cn2c(/C=C(\C#N)C(=O)c3c(C)[nH]c4ccccc34)c(C)nc2s1. The second-order valence-corrected chi connectivity index (χ2v) is 7.46. The third kappa shape index (κ3) is 2.45. The number of aromatic amines is 1. The summed E-state index contributed by atoms with van der Waals surface area (Å²) < 4.78 is 1.93. The lowest BCUT2D eigenvalue weighted by Gasteiger charge is -2.01. The Kier molecular flexibility index (Phi) is 3.74. The summed E-state index contributed by atoms with van der Waals surface area (Å²) in [6.45, 7) is 5.75. The number of thiazole rings is 1. The predicted octanol–water partition coefficient (Wildman–Crippen LogP) is 4.59. The number of Topliss-reactive ketones (excluding diaryl/α,β-unsaturated/α-hetero) is 1. The van der Waals surface area contributed by atoms with Crippen molar-refractivity contribution in [2.24, 2.45) is 0 Å². The molecule has 5 nitrogen and oxygen atoms in total. The number of para-hydroxylation sites is 1. The summed E-state index contributed by atoms with van der Waals surface area (Å²) in [7, 11) is 0. The van der Waals surface area contributed by atoms with E-state index in [4.69, 9.17) is 0 Å². The van der Waals surface area contributed by atoms with Gasteiger partial charge in [0.2, 0.25) is 5.78 Å². The molecule has 0 saturated heterocycles. The number of carbonyl (C=O) groups is 1. The Balaban J connectivity index is 1.87. The van der Waals surface area contributed by atoms with Crippen molar-refractivity contribution in [2.45, 2.75) is 20.8 Å². The molecule has 0 spiro atoms. The molecule has 0 atom stereocenters. The first kappa shape index (κ1) is 16.3. The van der Waals surface area contributed by atoms with Crippen molar-refractivity contribution in [3.63, 3.8) is 0 Å². The van der Waals surface area contributed by atoms with E-state index in [1.54, 1.807) is 17.4 Å². The minimum Gasteiger partial charge on any atom is -0.358 e. The summed E-state index contributed by atoms with van der Waals surface area (Å²) in [6.07, 6.45) is 3.62. The number of rotatable bonds is 3. The lowest BCUT2D eigenvalue weighted by molar-refractivity contribution is 0.104. The van der Waals surface area contributed by atoms with Crippen LogP contribution in [0.5, 0.6) is 0 Å². The molecule has 1 aromatic carbocycles. The highest BCUT2D eigenvalue weighted by atomic mass is 32.1. The quantitative estimate of drug-likeness (QED) is 0.330. The maximum absolute atomic E-state index is 13.1. The monoisotopic (exact) mass is 360 g/mol. The molecule has 0 unspecified atom stereocenters. The number of nitrogens with zero attached hydrogens (tertiary/aromatic N) is 3. The smallest absolute Gasteiger partial charge is 0.206 e. The molecular weight excluding hydrogens is 344 g/mol. The molecule has 0 saturated carbocycles. The van der Waals surface area contributed by atoms with Gasteiger partial charge in [-0.25, -0.2) is 4.98 Å². The molecule has 3 aromatic heterocycles. The van der Waals surface area contributed by atoms with Crippen LogP contribution in [0.3, 0.4) is 0 Å². The van der Waals surface area contributed by atoms with Crippen LogP contribution in [0.15, 0.2) is 36.0 Å². The van der Waals surface area contributed by atoms with Crippen molar-refractivity contribution in [1.29, 1.82) is 5.26 Å². The van der Waals surface area contributed by atoms with Gasteiger partial charge in [-0.15, -0.1) is 11.3 Å². The lowest BCUT2D eigenvalue weighted by Crippen LogP contribution is -2.04. The molecule has 3 heterocycles. The van der Waals surface area contributed by atoms with E-state index in [-0.39, 0.29) is 11.4 Å². The number of carbonyl (C=O) groups excluding carboxylic acids is 1. The average molecular weight is 360 g/mol. The van der Waals surface area contributed by atoms with E-state index < -0.39 is 0 Å². The maximum atomic E-state index is 13.1. The Labute approximate surface area is 154 Å². The number of nitrogens with one attached hydrogen (secondary N) is 1. The fraction of sp³-hybridized carbons (Fsp3) is 0.150. The summed E-state index contributed by atoms with van der Waals surface area (Å²) in [4.78, 5) is 22.8. The molecule has 0 aliphatic heterocycles. The number of fused-ring (bicyclic) bond motifs is 2. The standard InChI is InChI=1S/C20H16N4OS/c1-11-10-24-17(12(2)23-20(24)26-11)8-14(9-21)19(25)18-13(3)22-16-7-5-4-6-15(16)18/h4-8,10,22H,1-3H3/b14-8+. The van der Waals surface area contributed by atoms with Crippen molar-refractivity contribution >= 4 is 39.1 Å². The number of ketones is 1. The molecule has 0 amide bonds. The fourth-order valence-corrected chi connectivity index (χ4v) is 4.12. The zero-order chi connectivity index (χ0) is 18.4. The number of benzene rings is 1. The first-order chi connectivity index (χ1) is 12.5. The summed E-state index contributed by atoms with van der Waals surface area (Å²) in [5, 5.41) is 10.5. The van der Waals surface area contributed by atoms with Gasteiger partial charge in [-0.05, 0) is 32.9 Å². The van der Waals surface area contributed by atoms with Crippen molar-refractivity contribution < 1.29 is 4.79 Å². The Morgan fingerprint density at radius 3 is 2.85 bits per heavy atom. The first-order valence-electron chi connectivity index (χ1n) is 8.18. The molecule has 1 N–H and O–H groups in total. The molecule has 26 heavy (non-hydrogen) atoms. The van der Waals surface area contributed by atoms with E-state index in [2.05, 4.69) is 16.0 Å². The zero-order valence-electron chi connectivity index (χ0n) is 14.6. The molecular formula is C20H16N4OS. The van der Waals surface area contributed by atoms with E-state index in [9.17, 15) is 10.1 Å². The van der Waals surface area contributed by atoms with E-state index >= 15 is 0 Å². The van der Waals surface area contributed by atoms with Crippen LogP contribution in [-0.4, -0.2) is 20.2 Å². The Morgan fingerprint density at radius 1 is 1.31 bits per heavy atom. The minimum absolute atomic E-state index is 0.103. The van der Waals surface area contributed by atoms with Gasteiger partial charge < -0.3 is 4.98 Å². The van der Waals surface area contributed by atoms with Gasteiger partial charge in [-0.1, -0.05) is 18.2 Å². The van der Waals surface area contributed by atoms with Gasteiger partial charge in [0.1, 0.15) is 11.6 Å². The van der Waals surface area contributed by atoms with Crippen LogP contribution in [0, 0.1) is 32.1 Å². The van der Waals surface area contributed by atoms with Gasteiger partial charge in [-0.2, -0.15) is 5.26 Å². The van der Waals surface area contributed by atoms with E-state index in [1.165, 1.54) is 0 Å². The number of aromatic nitrogens is 3. The molecule has 4 aromatic rings. The third-order valence-electron chi connectivity index (χ3n) is 4.43. The van der Waals surface area contributed by atoms with E-state index in [1.807, 2.05) is 55.6 Å². The molecule has 128 valence electrons. The van der Waals surface area contributed by atoms with Gasteiger partial charge in [-0.3, -0.25) is 9.20 Å². The zero-order valence-corrected chi connectivity index (χ0v) is 15.4. The van der Waals surface area contributed by atoms with Crippen molar-refractivity contribution in [2.75, 3.05) is 0 Å². The second-order valence-electron chi connectivity index (χ2n) is 6.25. The Morgan fingerprint density at radius 2 is 2.08 bits per heavy atom. The van der Waals surface area contributed by atoms with Crippen LogP contribution in [0.4, 0.5) is 0 Å². The van der Waals surface area contributed by atoms with Gasteiger partial charge >= 0.3 is 0 Å². The van der Waals surface area contributed by atoms with Crippen LogP contribution in [0.1, 0.15) is 32.3 Å². The molecule has 0 radical (unpaired) electrons. The number of hydrogen-bond donors (Lipinski definition) is 1. The summed E-state index contributed by atoms with van der Waals surface area (Å²) in [5.41, 5.74) is 3.88. The van der Waals surface area contributed by atoms with E-state index in [0.29, 0.717) is 5.56 Å². The Hall–Kier alpha value is -3.17. The van der Waals surface area contributed by atoms with Crippen LogP contribution >= 0.6 is 11.3 Å². The Bertz CT molecular complexity index is 1250. The molecule has 0 fully saturated rings. The number of H-pyrrole nitrogens is 1. The van der Waals surface area contributed by atoms with Crippen LogP contribution in [-0.2, 0) is 0 Å². The topological polar surface area (TPSA) is 73.9 Å². The molecule has 0 aliphatic carbocycles. The van der Waals surface area contributed by atoms with Gasteiger partial charge in [0, 0.05) is 27.7 Å². The van der Waals surface area contributed by atoms with Gasteiger partial charge in [0.05, 0.1) is 17.0 Å². The normalized spacial score (nSPS) is 12.0. The number of nitriles is 1. The number of hydrogen-bond acceptors (Lipinski definition) is 4. The van der Waals surface area contributed by atoms with Crippen LogP contribution < -0.4 is 0 Å². The maximum Gasteiger partial charge on any atom is 0.206 e. The second kappa shape index (κ2) is 5.97. The van der Waals surface area contributed by atoms with Crippen molar-refractivity contribution in [3.8, 4) is 6.07 Å². The first-order valence-corrected chi connectivity index (χ1v) is 9.00. The highest BCUT2D eigenvalue weighted by Gasteiger charge is 2.21. The van der Waals surface area contributed by atoms with Gasteiger partial charge in [0.15, 0.2) is 4.96 Å². The summed E-state index contributed by atoms with van der Waals surface area (Å²) in [6, 6.07) is 9.70. The molecule has 4 rings (SSSR count). The minimum atomic E-state index is -0.274. The number of aryl methyl sites for hydroxylation is 3. The number of allylic oxidation sites excluding steroid dienone is 1. The lowest BCUT2D eigenvalue weighted by atomic mass is 10.00. The third-order valence-corrected chi connectivity index (χ3v) is 5.33. The van der Waals surface area contributed by atoms with Gasteiger partial charge in [0.25, 0.3) is 0 Å². The predicted molar refractivity (Wildman–Crippen MR) is 103 cm³/mol.